The lowest BCUT2D eigenvalue weighted by Crippen LogP contribution is -1.99. The van der Waals surface area contributed by atoms with Gasteiger partial charge in [-0.15, -0.1) is 10.2 Å². The van der Waals surface area contributed by atoms with Crippen molar-refractivity contribution in [2.24, 2.45) is 0 Å². The summed E-state index contributed by atoms with van der Waals surface area (Å²) in [4.78, 5) is 0.799. The van der Waals surface area contributed by atoms with Gasteiger partial charge in [0, 0.05) is 12.5 Å². The van der Waals surface area contributed by atoms with Gasteiger partial charge in [0.25, 0.3) is 0 Å². The molecule has 22 heavy (non-hydrogen) atoms. The second-order valence-corrected chi connectivity index (χ2v) is 5.90. The molecule has 4 rings (SSSR count). The van der Waals surface area contributed by atoms with Crippen LogP contribution in [0.2, 0.25) is 0 Å². The first-order valence-corrected chi connectivity index (χ1v) is 7.87. The standard InChI is InChI=1S/C14H14N4O3S/c1-2-3-12-15-16-14-18(12)17-13(22-14)7-19-9-4-5-10-11(6-9)21-8-20-10/h4-6H,2-3,7-8H2,1H3. The van der Waals surface area contributed by atoms with Crippen molar-refractivity contribution in [1.29, 1.82) is 0 Å². The van der Waals surface area contributed by atoms with Crippen molar-refractivity contribution in [2.75, 3.05) is 6.79 Å². The third kappa shape index (κ3) is 2.35. The molecular weight excluding hydrogens is 304 g/mol. The second kappa shape index (κ2) is 5.45. The minimum Gasteiger partial charge on any atom is -0.486 e. The summed E-state index contributed by atoms with van der Waals surface area (Å²) in [6.07, 6.45) is 1.88. The van der Waals surface area contributed by atoms with E-state index in [2.05, 4.69) is 22.2 Å². The molecule has 0 bridgehead atoms. The van der Waals surface area contributed by atoms with Gasteiger partial charge in [-0.05, 0) is 18.6 Å². The number of ether oxygens (including phenoxy) is 3. The van der Waals surface area contributed by atoms with E-state index in [0.29, 0.717) is 12.4 Å². The highest BCUT2D eigenvalue weighted by atomic mass is 32.1. The molecule has 0 saturated heterocycles. The largest absolute Gasteiger partial charge is 0.486 e. The van der Waals surface area contributed by atoms with Crippen LogP contribution >= 0.6 is 11.3 Å². The maximum Gasteiger partial charge on any atom is 0.234 e. The molecule has 0 aliphatic carbocycles. The number of hydrogen-bond acceptors (Lipinski definition) is 7. The molecule has 0 amide bonds. The zero-order valence-corrected chi connectivity index (χ0v) is 12.8. The third-order valence-corrected chi connectivity index (χ3v) is 4.15. The molecule has 3 heterocycles. The summed E-state index contributed by atoms with van der Waals surface area (Å²) in [5.41, 5.74) is 0. The van der Waals surface area contributed by atoms with Crippen LogP contribution in [0, 0.1) is 0 Å². The number of rotatable bonds is 5. The van der Waals surface area contributed by atoms with Crippen molar-refractivity contribution >= 4 is 16.3 Å². The van der Waals surface area contributed by atoms with E-state index >= 15 is 0 Å². The van der Waals surface area contributed by atoms with Crippen molar-refractivity contribution in [3.8, 4) is 17.2 Å². The molecule has 0 N–H and O–H groups in total. The van der Waals surface area contributed by atoms with Gasteiger partial charge in [-0.2, -0.15) is 9.61 Å². The quantitative estimate of drug-likeness (QED) is 0.719. The normalized spacial score (nSPS) is 13.0. The summed E-state index contributed by atoms with van der Waals surface area (Å²) in [7, 11) is 0. The van der Waals surface area contributed by atoms with Crippen LogP contribution in [-0.2, 0) is 13.0 Å². The number of nitrogens with zero attached hydrogens (tertiary/aromatic N) is 4. The van der Waals surface area contributed by atoms with Crippen molar-refractivity contribution in [1.82, 2.24) is 19.8 Å². The predicted molar refractivity (Wildman–Crippen MR) is 79.6 cm³/mol. The first-order chi connectivity index (χ1) is 10.8. The number of aromatic nitrogens is 4. The lowest BCUT2D eigenvalue weighted by Gasteiger charge is -2.04. The topological polar surface area (TPSA) is 70.8 Å². The molecule has 0 saturated carbocycles. The van der Waals surface area contributed by atoms with E-state index in [0.717, 1.165) is 40.1 Å². The van der Waals surface area contributed by atoms with Crippen LogP contribution in [0.4, 0.5) is 0 Å². The fourth-order valence-corrected chi connectivity index (χ4v) is 3.01. The highest BCUT2D eigenvalue weighted by molar-refractivity contribution is 7.16. The molecule has 1 aliphatic rings. The molecule has 1 aromatic carbocycles. The minimum atomic E-state index is 0.260. The Bertz CT molecular complexity index is 814. The van der Waals surface area contributed by atoms with E-state index in [9.17, 15) is 0 Å². The summed E-state index contributed by atoms with van der Waals surface area (Å²) in [5, 5.41) is 13.6. The lowest BCUT2D eigenvalue weighted by atomic mass is 10.3. The van der Waals surface area contributed by atoms with E-state index in [1.54, 1.807) is 4.52 Å². The molecule has 3 aromatic rings. The molecule has 0 atom stereocenters. The average Bonchev–Trinajstić information content (AvgIpc) is 3.21. The maximum atomic E-state index is 5.77. The molecule has 2 aromatic heterocycles. The fourth-order valence-electron chi connectivity index (χ4n) is 2.25. The first kappa shape index (κ1) is 13.3. The Morgan fingerprint density at radius 3 is 3.09 bits per heavy atom. The van der Waals surface area contributed by atoms with Gasteiger partial charge in [-0.1, -0.05) is 18.3 Å². The van der Waals surface area contributed by atoms with Gasteiger partial charge in [0.1, 0.15) is 12.4 Å². The Kier molecular flexibility index (Phi) is 3.30. The lowest BCUT2D eigenvalue weighted by molar-refractivity contribution is 0.173. The predicted octanol–water partition coefficient (Wildman–Crippen LogP) is 2.45. The molecule has 8 heteroatoms. The van der Waals surface area contributed by atoms with Crippen molar-refractivity contribution < 1.29 is 14.2 Å². The van der Waals surface area contributed by atoms with Crippen LogP contribution in [0.1, 0.15) is 24.2 Å². The zero-order valence-electron chi connectivity index (χ0n) is 12.0. The Hall–Kier alpha value is -2.35. The summed E-state index contributed by atoms with van der Waals surface area (Å²) in [6, 6.07) is 5.52. The minimum absolute atomic E-state index is 0.260. The van der Waals surface area contributed by atoms with Gasteiger partial charge in [-0.25, -0.2) is 0 Å². The molecule has 1 aliphatic heterocycles. The smallest absolute Gasteiger partial charge is 0.234 e. The van der Waals surface area contributed by atoms with Crippen molar-refractivity contribution in [2.45, 2.75) is 26.4 Å². The summed E-state index contributed by atoms with van der Waals surface area (Å²) >= 11 is 1.49. The molecule has 7 nitrogen and oxygen atoms in total. The molecule has 0 radical (unpaired) electrons. The summed E-state index contributed by atoms with van der Waals surface area (Å²) < 4.78 is 18.2. The Morgan fingerprint density at radius 1 is 1.27 bits per heavy atom. The van der Waals surface area contributed by atoms with Gasteiger partial charge in [0.15, 0.2) is 22.3 Å². The number of fused-ring (bicyclic) bond motifs is 2. The van der Waals surface area contributed by atoms with Crippen molar-refractivity contribution in [3.05, 3.63) is 29.0 Å². The maximum absolute atomic E-state index is 5.77. The summed E-state index contributed by atoms with van der Waals surface area (Å²) in [6.45, 7) is 2.76. The second-order valence-electron chi connectivity index (χ2n) is 4.86. The van der Waals surface area contributed by atoms with Gasteiger partial charge in [0.2, 0.25) is 11.8 Å². The Morgan fingerprint density at radius 2 is 2.18 bits per heavy atom. The molecule has 114 valence electrons. The number of benzene rings is 1. The van der Waals surface area contributed by atoms with Crippen LogP contribution in [0.3, 0.4) is 0 Å². The van der Waals surface area contributed by atoms with E-state index in [-0.39, 0.29) is 6.79 Å². The van der Waals surface area contributed by atoms with Gasteiger partial charge >= 0.3 is 0 Å². The average molecular weight is 318 g/mol. The third-order valence-electron chi connectivity index (χ3n) is 3.28. The number of aryl methyl sites for hydroxylation is 1. The first-order valence-electron chi connectivity index (χ1n) is 7.06. The van der Waals surface area contributed by atoms with Crippen molar-refractivity contribution in [3.63, 3.8) is 0 Å². The van der Waals surface area contributed by atoms with E-state index in [1.807, 2.05) is 18.2 Å². The van der Waals surface area contributed by atoms with Crippen LogP contribution in [0.15, 0.2) is 18.2 Å². The Balaban J connectivity index is 1.49. The highest BCUT2D eigenvalue weighted by Gasteiger charge is 2.15. The molecule has 0 unspecified atom stereocenters. The zero-order chi connectivity index (χ0) is 14.9. The van der Waals surface area contributed by atoms with Crippen LogP contribution in [-0.4, -0.2) is 26.6 Å². The van der Waals surface area contributed by atoms with E-state index in [4.69, 9.17) is 14.2 Å². The Labute approximate surface area is 130 Å². The van der Waals surface area contributed by atoms with Crippen LogP contribution < -0.4 is 14.2 Å². The van der Waals surface area contributed by atoms with Gasteiger partial charge in [0.05, 0.1) is 0 Å². The van der Waals surface area contributed by atoms with Gasteiger partial charge < -0.3 is 14.2 Å². The van der Waals surface area contributed by atoms with Gasteiger partial charge in [-0.3, -0.25) is 0 Å². The highest BCUT2D eigenvalue weighted by Crippen LogP contribution is 2.35. The molecule has 0 spiro atoms. The summed E-state index contributed by atoms with van der Waals surface area (Å²) in [5.74, 6) is 3.07. The van der Waals surface area contributed by atoms with Crippen LogP contribution in [0.5, 0.6) is 17.2 Å². The van der Waals surface area contributed by atoms with E-state index < -0.39 is 0 Å². The van der Waals surface area contributed by atoms with E-state index in [1.165, 1.54) is 11.3 Å². The molecular formula is C14H14N4O3S. The fraction of sp³-hybridized carbons (Fsp3) is 0.357. The van der Waals surface area contributed by atoms with Crippen LogP contribution in [0.25, 0.3) is 4.96 Å². The monoisotopic (exact) mass is 318 g/mol. The number of hydrogen-bond donors (Lipinski definition) is 0. The SMILES string of the molecule is CCCc1nnc2sc(COc3ccc4c(c3)OCO4)nn12. The molecule has 0 fully saturated rings.